The second kappa shape index (κ2) is 6.56. The van der Waals surface area contributed by atoms with Crippen molar-refractivity contribution in [3.05, 3.63) is 30.1 Å². The number of para-hydroxylation sites is 1. The van der Waals surface area contributed by atoms with Crippen LogP contribution in [0.1, 0.15) is 26.2 Å². The van der Waals surface area contributed by atoms with Crippen LogP contribution < -0.4 is 10.1 Å². The van der Waals surface area contributed by atoms with Gasteiger partial charge in [0, 0.05) is 6.04 Å². The molecule has 21 heavy (non-hydrogen) atoms. The second-order valence-corrected chi connectivity index (χ2v) is 5.24. The van der Waals surface area contributed by atoms with Crippen LogP contribution in [0.25, 0.3) is 0 Å². The molecule has 0 bridgehead atoms. The molecule has 1 aliphatic carbocycles. The molecule has 3 atom stereocenters. The summed E-state index contributed by atoms with van der Waals surface area (Å²) in [6.07, 6.45) is 0.775. The number of hydrogen-bond donors (Lipinski definition) is 2. The maximum Gasteiger partial charge on any atom is 0.306 e. The summed E-state index contributed by atoms with van der Waals surface area (Å²) in [7, 11) is 0. The standard InChI is InChI=1S/C15H18FNO4/c1-9(21-13-5-3-2-4-12(13)16)14(18)17-11-7-6-10(8-11)15(19)20/h2-5,9-11H,6-8H2,1H3,(H,17,18)(H,19,20)/t9?,10-,11+/m1/s1. The predicted octanol–water partition coefficient (Wildman–Crippen LogP) is 1.96. The summed E-state index contributed by atoms with van der Waals surface area (Å²) in [6, 6.07) is 5.71. The van der Waals surface area contributed by atoms with Crippen LogP contribution in [0.15, 0.2) is 24.3 Å². The minimum Gasteiger partial charge on any atom is -0.481 e. The normalized spacial score (nSPS) is 22.6. The number of nitrogens with one attached hydrogen (secondary N) is 1. The number of halogens is 1. The number of carbonyl (C=O) groups excluding carboxylic acids is 1. The van der Waals surface area contributed by atoms with E-state index in [4.69, 9.17) is 9.84 Å². The number of rotatable bonds is 5. The van der Waals surface area contributed by atoms with E-state index in [1.807, 2.05) is 0 Å². The molecule has 0 radical (unpaired) electrons. The zero-order chi connectivity index (χ0) is 15.4. The van der Waals surface area contributed by atoms with Gasteiger partial charge in [-0.25, -0.2) is 4.39 Å². The van der Waals surface area contributed by atoms with Gasteiger partial charge in [-0.15, -0.1) is 0 Å². The molecule has 5 nitrogen and oxygen atoms in total. The van der Waals surface area contributed by atoms with Gasteiger partial charge in [0.25, 0.3) is 5.91 Å². The van der Waals surface area contributed by atoms with Crippen molar-refractivity contribution >= 4 is 11.9 Å². The van der Waals surface area contributed by atoms with Gasteiger partial charge in [0.05, 0.1) is 5.92 Å². The van der Waals surface area contributed by atoms with Gasteiger partial charge in [-0.3, -0.25) is 9.59 Å². The van der Waals surface area contributed by atoms with Gasteiger partial charge < -0.3 is 15.2 Å². The third kappa shape index (κ3) is 3.93. The molecule has 0 heterocycles. The first-order valence-electron chi connectivity index (χ1n) is 6.91. The van der Waals surface area contributed by atoms with Gasteiger partial charge in [-0.2, -0.15) is 0 Å². The number of ether oxygens (including phenoxy) is 1. The summed E-state index contributed by atoms with van der Waals surface area (Å²) in [5, 5.41) is 11.7. The number of aliphatic carboxylic acids is 1. The topological polar surface area (TPSA) is 75.6 Å². The minimum absolute atomic E-state index is 0.0231. The van der Waals surface area contributed by atoms with Crippen LogP contribution in [-0.2, 0) is 9.59 Å². The lowest BCUT2D eigenvalue weighted by atomic mass is 10.1. The first kappa shape index (κ1) is 15.3. The molecular formula is C15H18FNO4. The zero-order valence-electron chi connectivity index (χ0n) is 11.7. The molecule has 1 aromatic carbocycles. The Bertz CT molecular complexity index is 534. The molecule has 114 valence electrons. The van der Waals surface area contributed by atoms with Crippen LogP contribution in [0.3, 0.4) is 0 Å². The molecule has 1 unspecified atom stereocenters. The van der Waals surface area contributed by atoms with Gasteiger partial charge in [-0.05, 0) is 38.3 Å². The van der Waals surface area contributed by atoms with Crippen LogP contribution in [0.4, 0.5) is 4.39 Å². The third-order valence-corrected chi connectivity index (χ3v) is 3.64. The summed E-state index contributed by atoms with van der Waals surface area (Å²) in [4.78, 5) is 22.9. The molecule has 0 spiro atoms. The summed E-state index contributed by atoms with van der Waals surface area (Å²) in [6.45, 7) is 1.53. The van der Waals surface area contributed by atoms with E-state index in [1.54, 1.807) is 6.07 Å². The fraction of sp³-hybridized carbons (Fsp3) is 0.467. The molecule has 0 saturated heterocycles. The average Bonchev–Trinajstić information content (AvgIpc) is 2.90. The monoisotopic (exact) mass is 295 g/mol. The Morgan fingerprint density at radius 3 is 2.71 bits per heavy atom. The SMILES string of the molecule is CC(Oc1ccccc1F)C(=O)N[C@H]1CC[C@@H](C(=O)O)C1. The van der Waals surface area contributed by atoms with Gasteiger partial charge in [0.2, 0.25) is 0 Å². The molecule has 2 N–H and O–H groups in total. The molecule has 0 aliphatic heterocycles. The Morgan fingerprint density at radius 2 is 2.10 bits per heavy atom. The van der Waals surface area contributed by atoms with Crippen molar-refractivity contribution in [1.29, 1.82) is 0 Å². The molecule has 1 amide bonds. The first-order chi connectivity index (χ1) is 9.97. The molecule has 2 rings (SSSR count). The summed E-state index contributed by atoms with van der Waals surface area (Å²) in [5.74, 6) is -2.10. The highest BCUT2D eigenvalue weighted by Gasteiger charge is 2.31. The van der Waals surface area contributed by atoms with E-state index < -0.39 is 23.8 Å². The maximum atomic E-state index is 13.4. The summed E-state index contributed by atoms with van der Waals surface area (Å²) in [5.41, 5.74) is 0. The van der Waals surface area contributed by atoms with Crippen LogP contribution in [0, 0.1) is 11.7 Å². The number of benzene rings is 1. The lowest BCUT2D eigenvalue weighted by Crippen LogP contribution is -2.41. The predicted molar refractivity (Wildman–Crippen MR) is 73.4 cm³/mol. The Kier molecular flexibility index (Phi) is 4.77. The largest absolute Gasteiger partial charge is 0.481 e. The van der Waals surface area contributed by atoms with Crippen molar-refractivity contribution in [2.45, 2.75) is 38.3 Å². The molecule has 1 fully saturated rings. The van der Waals surface area contributed by atoms with Gasteiger partial charge in [0.1, 0.15) is 0 Å². The molecular weight excluding hydrogens is 277 g/mol. The molecule has 6 heteroatoms. The fourth-order valence-electron chi connectivity index (χ4n) is 2.44. The number of amides is 1. The lowest BCUT2D eigenvalue weighted by molar-refractivity contribution is -0.141. The zero-order valence-corrected chi connectivity index (χ0v) is 11.7. The van der Waals surface area contributed by atoms with E-state index in [-0.39, 0.29) is 17.7 Å². The van der Waals surface area contributed by atoms with Crippen LogP contribution >= 0.6 is 0 Å². The first-order valence-corrected chi connectivity index (χ1v) is 6.91. The maximum absolute atomic E-state index is 13.4. The number of carbonyl (C=O) groups is 2. The van der Waals surface area contributed by atoms with Crippen molar-refractivity contribution in [3.63, 3.8) is 0 Å². The van der Waals surface area contributed by atoms with E-state index in [9.17, 15) is 14.0 Å². The lowest BCUT2D eigenvalue weighted by Gasteiger charge is -2.18. The third-order valence-electron chi connectivity index (χ3n) is 3.64. The highest BCUT2D eigenvalue weighted by molar-refractivity contribution is 5.81. The van der Waals surface area contributed by atoms with E-state index in [1.165, 1.54) is 25.1 Å². The van der Waals surface area contributed by atoms with Crippen molar-refractivity contribution in [3.8, 4) is 5.75 Å². The molecule has 1 aromatic rings. The van der Waals surface area contributed by atoms with Crippen molar-refractivity contribution < 1.29 is 23.8 Å². The van der Waals surface area contributed by atoms with E-state index >= 15 is 0 Å². The van der Waals surface area contributed by atoms with Gasteiger partial charge in [-0.1, -0.05) is 12.1 Å². The number of carboxylic acid groups (broad SMARTS) is 1. The van der Waals surface area contributed by atoms with Crippen LogP contribution in [0.2, 0.25) is 0 Å². The molecule has 1 saturated carbocycles. The highest BCUT2D eigenvalue weighted by atomic mass is 19.1. The number of hydrogen-bond acceptors (Lipinski definition) is 3. The van der Waals surface area contributed by atoms with E-state index in [0.717, 1.165) is 0 Å². The molecule has 0 aromatic heterocycles. The Balaban J connectivity index is 1.86. The van der Waals surface area contributed by atoms with Crippen molar-refractivity contribution in [2.24, 2.45) is 5.92 Å². The van der Waals surface area contributed by atoms with Crippen molar-refractivity contribution in [1.82, 2.24) is 5.32 Å². The number of carboxylic acids is 1. The fourth-order valence-corrected chi connectivity index (χ4v) is 2.44. The van der Waals surface area contributed by atoms with Crippen LogP contribution in [0.5, 0.6) is 5.75 Å². The average molecular weight is 295 g/mol. The summed E-state index contributed by atoms with van der Waals surface area (Å²) >= 11 is 0. The van der Waals surface area contributed by atoms with E-state index in [2.05, 4.69) is 5.32 Å². The Hall–Kier alpha value is -2.11. The van der Waals surface area contributed by atoms with Gasteiger partial charge >= 0.3 is 5.97 Å². The van der Waals surface area contributed by atoms with Crippen molar-refractivity contribution in [2.75, 3.05) is 0 Å². The minimum atomic E-state index is -0.842. The Morgan fingerprint density at radius 1 is 1.38 bits per heavy atom. The smallest absolute Gasteiger partial charge is 0.306 e. The van der Waals surface area contributed by atoms with Crippen LogP contribution in [-0.4, -0.2) is 29.1 Å². The quantitative estimate of drug-likeness (QED) is 0.870. The Labute approximate surface area is 122 Å². The highest BCUT2D eigenvalue weighted by Crippen LogP contribution is 2.26. The summed E-state index contributed by atoms with van der Waals surface area (Å²) < 4.78 is 18.7. The van der Waals surface area contributed by atoms with E-state index in [0.29, 0.717) is 19.3 Å². The van der Waals surface area contributed by atoms with Gasteiger partial charge in [0.15, 0.2) is 17.7 Å². The second-order valence-electron chi connectivity index (χ2n) is 5.24. The molecule has 1 aliphatic rings.